The van der Waals surface area contributed by atoms with Crippen LogP contribution in [0.2, 0.25) is 0 Å². The summed E-state index contributed by atoms with van der Waals surface area (Å²) in [7, 11) is 0. The third-order valence-corrected chi connectivity index (χ3v) is 4.35. The molecule has 1 fully saturated rings. The summed E-state index contributed by atoms with van der Waals surface area (Å²) >= 11 is 0. The molecule has 3 heteroatoms. The maximum absolute atomic E-state index is 4.68. The van der Waals surface area contributed by atoms with Gasteiger partial charge in [0, 0.05) is 25.8 Å². The Balaban J connectivity index is 1.89. The average molecular weight is 289 g/mol. The highest BCUT2D eigenvalue weighted by Crippen LogP contribution is 2.31. The van der Waals surface area contributed by atoms with Gasteiger partial charge in [0.25, 0.3) is 0 Å². The van der Waals surface area contributed by atoms with Crippen LogP contribution in [0.3, 0.4) is 0 Å². The van der Waals surface area contributed by atoms with Crippen molar-refractivity contribution in [3.8, 4) is 0 Å². The van der Waals surface area contributed by atoms with E-state index in [0.29, 0.717) is 11.3 Å². The number of pyridine rings is 1. The SMILES string of the molecule is CC(C)CNCc1ccc(N2CCCC(C)(C)CC2)nc1. The third kappa shape index (κ3) is 5.31. The average Bonchev–Trinajstić information content (AvgIpc) is 2.60. The van der Waals surface area contributed by atoms with Gasteiger partial charge in [-0.3, -0.25) is 0 Å². The number of hydrogen-bond acceptors (Lipinski definition) is 3. The zero-order chi connectivity index (χ0) is 15.3. The zero-order valence-electron chi connectivity index (χ0n) is 14.2. The Kier molecular flexibility index (Phi) is 5.63. The Hall–Kier alpha value is -1.09. The van der Waals surface area contributed by atoms with Crippen LogP contribution in [0.4, 0.5) is 5.82 Å². The molecule has 0 amide bonds. The molecule has 0 aliphatic carbocycles. The normalized spacial score (nSPS) is 18.8. The molecular formula is C18H31N3. The largest absolute Gasteiger partial charge is 0.357 e. The van der Waals surface area contributed by atoms with E-state index < -0.39 is 0 Å². The Morgan fingerprint density at radius 2 is 2.05 bits per heavy atom. The van der Waals surface area contributed by atoms with E-state index in [0.717, 1.165) is 32.0 Å². The summed E-state index contributed by atoms with van der Waals surface area (Å²) in [5.74, 6) is 1.83. The van der Waals surface area contributed by atoms with Crippen molar-refractivity contribution in [1.82, 2.24) is 10.3 Å². The van der Waals surface area contributed by atoms with Crippen molar-refractivity contribution < 1.29 is 0 Å². The maximum atomic E-state index is 4.68. The van der Waals surface area contributed by atoms with E-state index in [1.165, 1.54) is 24.8 Å². The number of aromatic nitrogens is 1. The van der Waals surface area contributed by atoms with Crippen molar-refractivity contribution in [3.63, 3.8) is 0 Å². The van der Waals surface area contributed by atoms with Crippen LogP contribution in [-0.4, -0.2) is 24.6 Å². The second-order valence-electron chi connectivity index (χ2n) is 7.55. The molecule has 0 atom stereocenters. The van der Waals surface area contributed by atoms with Crippen molar-refractivity contribution in [2.75, 3.05) is 24.5 Å². The first-order valence-electron chi connectivity index (χ1n) is 8.37. The Morgan fingerprint density at radius 3 is 2.71 bits per heavy atom. The highest BCUT2D eigenvalue weighted by Gasteiger charge is 2.23. The first-order chi connectivity index (χ1) is 9.96. The van der Waals surface area contributed by atoms with Gasteiger partial charge >= 0.3 is 0 Å². The van der Waals surface area contributed by atoms with E-state index in [-0.39, 0.29) is 0 Å². The van der Waals surface area contributed by atoms with Crippen LogP contribution in [0.25, 0.3) is 0 Å². The van der Waals surface area contributed by atoms with Crippen LogP contribution < -0.4 is 10.2 Å². The molecule has 1 N–H and O–H groups in total. The minimum absolute atomic E-state index is 0.482. The van der Waals surface area contributed by atoms with E-state index >= 15 is 0 Å². The molecule has 1 aromatic rings. The molecule has 1 saturated heterocycles. The minimum atomic E-state index is 0.482. The van der Waals surface area contributed by atoms with Crippen molar-refractivity contribution >= 4 is 5.82 Å². The topological polar surface area (TPSA) is 28.2 Å². The van der Waals surface area contributed by atoms with Gasteiger partial charge in [-0.05, 0) is 48.8 Å². The molecular weight excluding hydrogens is 258 g/mol. The van der Waals surface area contributed by atoms with E-state index in [9.17, 15) is 0 Å². The molecule has 0 unspecified atom stereocenters. The van der Waals surface area contributed by atoms with Gasteiger partial charge in [-0.2, -0.15) is 0 Å². The standard InChI is InChI=1S/C18H31N3/c1-15(2)12-19-13-16-6-7-17(20-14-16)21-10-5-8-18(3,4)9-11-21/h6-7,14-15,19H,5,8-13H2,1-4H3. The molecule has 1 aliphatic rings. The lowest BCUT2D eigenvalue weighted by atomic mass is 9.85. The summed E-state index contributed by atoms with van der Waals surface area (Å²) < 4.78 is 0. The molecule has 1 aliphatic heterocycles. The monoisotopic (exact) mass is 289 g/mol. The van der Waals surface area contributed by atoms with Crippen LogP contribution in [0.5, 0.6) is 0 Å². The first kappa shape index (κ1) is 16.3. The van der Waals surface area contributed by atoms with Gasteiger partial charge in [0.15, 0.2) is 0 Å². The highest BCUT2D eigenvalue weighted by atomic mass is 15.2. The van der Waals surface area contributed by atoms with Crippen LogP contribution in [-0.2, 0) is 6.54 Å². The van der Waals surface area contributed by atoms with E-state index in [2.05, 4.69) is 55.0 Å². The Bertz CT molecular complexity index is 423. The summed E-state index contributed by atoms with van der Waals surface area (Å²) in [6.07, 6.45) is 5.87. The van der Waals surface area contributed by atoms with Crippen LogP contribution in [0.15, 0.2) is 18.3 Å². The number of nitrogens with one attached hydrogen (secondary N) is 1. The van der Waals surface area contributed by atoms with Gasteiger partial charge in [0.05, 0.1) is 0 Å². The minimum Gasteiger partial charge on any atom is -0.357 e. The summed E-state index contributed by atoms with van der Waals surface area (Å²) in [5, 5.41) is 3.47. The summed E-state index contributed by atoms with van der Waals surface area (Å²) in [4.78, 5) is 7.12. The molecule has 118 valence electrons. The van der Waals surface area contributed by atoms with E-state index in [4.69, 9.17) is 0 Å². The predicted molar refractivity (Wildman–Crippen MR) is 90.6 cm³/mol. The second-order valence-corrected chi connectivity index (χ2v) is 7.55. The van der Waals surface area contributed by atoms with Gasteiger partial charge in [-0.15, -0.1) is 0 Å². The quantitative estimate of drug-likeness (QED) is 0.892. The van der Waals surface area contributed by atoms with Crippen molar-refractivity contribution in [2.45, 2.75) is 53.5 Å². The highest BCUT2D eigenvalue weighted by molar-refractivity contribution is 5.39. The molecule has 0 bridgehead atoms. The van der Waals surface area contributed by atoms with Gasteiger partial charge < -0.3 is 10.2 Å². The first-order valence-corrected chi connectivity index (χ1v) is 8.37. The van der Waals surface area contributed by atoms with Crippen molar-refractivity contribution in [1.29, 1.82) is 0 Å². The van der Waals surface area contributed by atoms with Crippen molar-refractivity contribution in [3.05, 3.63) is 23.9 Å². The number of hydrogen-bond donors (Lipinski definition) is 1. The molecule has 1 aromatic heterocycles. The molecule has 2 rings (SSSR count). The molecule has 0 aromatic carbocycles. The fourth-order valence-electron chi connectivity index (χ4n) is 2.87. The lowest BCUT2D eigenvalue weighted by molar-refractivity contribution is 0.325. The van der Waals surface area contributed by atoms with Crippen LogP contribution >= 0.6 is 0 Å². The predicted octanol–water partition coefficient (Wildman–Crippen LogP) is 3.84. The van der Waals surface area contributed by atoms with Gasteiger partial charge in [-0.25, -0.2) is 4.98 Å². The van der Waals surface area contributed by atoms with Gasteiger partial charge in [-0.1, -0.05) is 33.8 Å². The summed E-state index contributed by atoms with van der Waals surface area (Å²) in [6.45, 7) is 13.5. The Labute approximate surface area is 130 Å². The van der Waals surface area contributed by atoms with Crippen LogP contribution in [0, 0.1) is 11.3 Å². The van der Waals surface area contributed by atoms with Gasteiger partial charge in [0.2, 0.25) is 0 Å². The molecule has 0 saturated carbocycles. The van der Waals surface area contributed by atoms with Crippen molar-refractivity contribution in [2.24, 2.45) is 11.3 Å². The molecule has 0 spiro atoms. The lowest BCUT2D eigenvalue weighted by Crippen LogP contribution is -2.26. The number of rotatable bonds is 5. The summed E-state index contributed by atoms with van der Waals surface area (Å²) in [6, 6.07) is 4.40. The fraction of sp³-hybridized carbons (Fsp3) is 0.722. The lowest BCUT2D eigenvalue weighted by Gasteiger charge is -2.24. The van der Waals surface area contributed by atoms with E-state index in [1.807, 2.05) is 6.20 Å². The zero-order valence-corrected chi connectivity index (χ0v) is 14.2. The number of nitrogens with zero attached hydrogens (tertiary/aromatic N) is 2. The maximum Gasteiger partial charge on any atom is 0.128 e. The second kappa shape index (κ2) is 7.26. The summed E-state index contributed by atoms with van der Waals surface area (Å²) in [5.41, 5.74) is 1.75. The fourth-order valence-corrected chi connectivity index (χ4v) is 2.87. The van der Waals surface area contributed by atoms with E-state index in [1.54, 1.807) is 0 Å². The third-order valence-electron chi connectivity index (χ3n) is 4.35. The molecule has 2 heterocycles. The number of anilines is 1. The van der Waals surface area contributed by atoms with Gasteiger partial charge in [0.1, 0.15) is 5.82 Å². The molecule has 21 heavy (non-hydrogen) atoms. The smallest absolute Gasteiger partial charge is 0.128 e. The molecule has 0 radical (unpaired) electrons. The molecule has 3 nitrogen and oxygen atoms in total. The Morgan fingerprint density at radius 1 is 1.24 bits per heavy atom. The van der Waals surface area contributed by atoms with Crippen LogP contribution in [0.1, 0.15) is 52.5 Å².